The predicted octanol–water partition coefficient (Wildman–Crippen LogP) is 0.865. The van der Waals surface area contributed by atoms with Crippen molar-refractivity contribution < 1.29 is 4.39 Å². The molecule has 2 N–H and O–H groups in total. The Kier molecular flexibility index (Phi) is 2.24. The fourth-order valence-corrected chi connectivity index (χ4v) is 1.28. The summed E-state index contributed by atoms with van der Waals surface area (Å²) in [4.78, 5) is 1.35. The zero-order valence-electron chi connectivity index (χ0n) is 7.39. The van der Waals surface area contributed by atoms with Gasteiger partial charge >= 0.3 is 0 Å². The Morgan fingerprint density at radius 3 is 2.64 bits per heavy atom. The SMILES string of the molecule is NCc1c(F)cccc1-n1nccn1. The van der Waals surface area contributed by atoms with Gasteiger partial charge in [0.2, 0.25) is 0 Å². The van der Waals surface area contributed by atoms with Crippen molar-refractivity contribution in [2.24, 2.45) is 5.73 Å². The molecule has 0 radical (unpaired) electrons. The summed E-state index contributed by atoms with van der Waals surface area (Å²) in [7, 11) is 0. The minimum absolute atomic E-state index is 0.129. The summed E-state index contributed by atoms with van der Waals surface area (Å²) in [6.45, 7) is 0.129. The Bertz CT molecular complexity index is 424. The lowest BCUT2D eigenvalue weighted by atomic mass is 10.1. The van der Waals surface area contributed by atoms with Gasteiger partial charge in [0.15, 0.2) is 0 Å². The number of halogens is 1. The van der Waals surface area contributed by atoms with Gasteiger partial charge in [-0.3, -0.25) is 0 Å². The average molecular weight is 192 g/mol. The molecule has 2 rings (SSSR count). The zero-order valence-corrected chi connectivity index (χ0v) is 7.39. The maximum absolute atomic E-state index is 13.3. The Hall–Kier alpha value is -1.75. The first-order valence-corrected chi connectivity index (χ1v) is 4.17. The van der Waals surface area contributed by atoms with Crippen LogP contribution < -0.4 is 5.73 Å². The molecule has 14 heavy (non-hydrogen) atoms. The van der Waals surface area contributed by atoms with E-state index in [9.17, 15) is 4.39 Å². The highest BCUT2D eigenvalue weighted by atomic mass is 19.1. The van der Waals surface area contributed by atoms with Crippen LogP contribution in [-0.4, -0.2) is 15.0 Å². The summed E-state index contributed by atoms with van der Waals surface area (Å²) < 4.78 is 13.3. The van der Waals surface area contributed by atoms with E-state index in [1.54, 1.807) is 12.1 Å². The van der Waals surface area contributed by atoms with Gasteiger partial charge in [0, 0.05) is 12.1 Å². The summed E-state index contributed by atoms with van der Waals surface area (Å²) in [5.74, 6) is -0.331. The summed E-state index contributed by atoms with van der Waals surface area (Å²) in [5, 5.41) is 7.84. The molecule has 4 nitrogen and oxygen atoms in total. The number of rotatable bonds is 2. The van der Waals surface area contributed by atoms with Crippen molar-refractivity contribution in [1.29, 1.82) is 0 Å². The summed E-state index contributed by atoms with van der Waals surface area (Å²) in [6, 6.07) is 4.70. The number of nitrogens with zero attached hydrogens (tertiary/aromatic N) is 3. The van der Waals surface area contributed by atoms with E-state index in [-0.39, 0.29) is 12.4 Å². The summed E-state index contributed by atoms with van der Waals surface area (Å²) >= 11 is 0. The van der Waals surface area contributed by atoms with Crippen LogP contribution in [0, 0.1) is 5.82 Å². The van der Waals surface area contributed by atoms with E-state index >= 15 is 0 Å². The number of nitrogens with two attached hydrogens (primary N) is 1. The van der Waals surface area contributed by atoms with Crippen LogP contribution in [0.5, 0.6) is 0 Å². The standard InChI is InChI=1S/C9H9FN4/c10-8-2-1-3-9(7(8)6-11)14-12-4-5-13-14/h1-5H,6,11H2. The molecule has 5 heteroatoms. The lowest BCUT2D eigenvalue weighted by molar-refractivity contribution is 0.603. The normalized spacial score (nSPS) is 10.4. The van der Waals surface area contributed by atoms with Crippen molar-refractivity contribution in [3.05, 3.63) is 42.0 Å². The van der Waals surface area contributed by atoms with Crippen LogP contribution in [0.15, 0.2) is 30.6 Å². The Morgan fingerprint density at radius 1 is 1.29 bits per heavy atom. The number of hydrogen-bond donors (Lipinski definition) is 1. The molecular weight excluding hydrogens is 183 g/mol. The number of hydrogen-bond acceptors (Lipinski definition) is 3. The predicted molar refractivity (Wildman–Crippen MR) is 49.2 cm³/mol. The molecule has 0 atom stereocenters. The van der Waals surface area contributed by atoms with Crippen LogP contribution in [0.3, 0.4) is 0 Å². The smallest absolute Gasteiger partial charge is 0.129 e. The fourth-order valence-electron chi connectivity index (χ4n) is 1.28. The molecule has 1 aromatic carbocycles. The van der Waals surface area contributed by atoms with Crippen molar-refractivity contribution in [3.63, 3.8) is 0 Å². The number of aromatic nitrogens is 3. The van der Waals surface area contributed by atoms with Gasteiger partial charge in [-0.2, -0.15) is 15.0 Å². The first-order valence-electron chi connectivity index (χ1n) is 4.17. The monoisotopic (exact) mass is 192 g/mol. The lowest BCUT2D eigenvalue weighted by Gasteiger charge is -2.06. The number of benzene rings is 1. The van der Waals surface area contributed by atoms with Crippen molar-refractivity contribution in [3.8, 4) is 5.69 Å². The van der Waals surface area contributed by atoms with E-state index in [2.05, 4.69) is 10.2 Å². The molecule has 0 bridgehead atoms. The second kappa shape index (κ2) is 3.55. The third-order valence-electron chi connectivity index (χ3n) is 1.93. The van der Waals surface area contributed by atoms with E-state index in [0.29, 0.717) is 11.3 Å². The zero-order chi connectivity index (χ0) is 9.97. The second-order valence-corrected chi connectivity index (χ2v) is 2.76. The third kappa shape index (κ3) is 1.38. The van der Waals surface area contributed by atoms with E-state index in [1.165, 1.54) is 23.3 Å². The van der Waals surface area contributed by atoms with Crippen LogP contribution in [0.2, 0.25) is 0 Å². The topological polar surface area (TPSA) is 56.7 Å². The summed E-state index contributed by atoms with van der Waals surface area (Å²) in [5.41, 5.74) is 6.45. The first kappa shape index (κ1) is 8.83. The molecule has 0 aliphatic heterocycles. The van der Waals surface area contributed by atoms with E-state index in [4.69, 9.17) is 5.73 Å². The van der Waals surface area contributed by atoms with Crippen LogP contribution in [0.25, 0.3) is 5.69 Å². The van der Waals surface area contributed by atoms with E-state index in [1.807, 2.05) is 0 Å². The van der Waals surface area contributed by atoms with E-state index in [0.717, 1.165) is 0 Å². The van der Waals surface area contributed by atoms with Crippen molar-refractivity contribution in [2.75, 3.05) is 0 Å². The van der Waals surface area contributed by atoms with Gasteiger partial charge < -0.3 is 5.73 Å². The Labute approximate surface area is 80.2 Å². The van der Waals surface area contributed by atoms with E-state index < -0.39 is 0 Å². The average Bonchev–Trinajstić information content (AvgIpc) is 2.70. The maximum Gasteiger partial charge on any atom is 0.129 e. The summed E-state index contributed by atoms with van der Waals surface area (Å²) in [6.07, 6.45) is 3.07. The van der Waals surface area contributed by atoms with Crippen LogP contribution in [0.1, 0.15) is 5.56 Å². The van der Waals surface area contributed by atoms with Crippen molar-refractivity contribution >= 4 is 0 Å². The fraction of sp³-hybridized carbons (Fsp3) is 0.111. The maximum atomic E-state index is 13.3. The molecule has 0 saturated carbocycles. The van der Waals surface area contributed by atoms with Gasteiger partial charge in [0.25, 0.3) is 0 Å². The Balaban J connectivity index is 2.58. The van der Waals surface area contributed by atoms with Gasteiger partial charge in [0.1, 0.15) is 5.82 Å². The molecule has 0 aliphatic rings. The van der Waals surface area contributed by atoms with Crippen molar-refractivity contribution in [1.82, 2.24) is 15.0 Å². The van der Waals surface area contributed by atoms with Gasteiger partial charge in [-0.25, -0.2) is 4.39 Å². The van der Waals surface area contributed by atoms with Gasteiger partial charge in [-0.15, -0.1) is 0 Å². The Morgan fingerprint density at radius 2 is 2.00 bits per heavy atom. The molecule has 0 unspecified atom stereocenters. The van der Waals surface area contributed by atoms with Gasteiger partial charge in [0.05, 0.1) is 18.1 Å². The third-order valence-corrected chi connectivity index (χ3v) is 1.93. The molecular formula is C9H9FN4. The molecule has 0 aliphatic carbocycles. The highest BCUT2D eigenvalue weighted by molar-refractivity contribution is 5.39. The highest BCUT2D eigenvalue weighted by Gasteiger charge is 2.08. The largest absolute Gasteiger partial charge is 0.326 e. The second-order valence-electron chi connectivity index (χ2n) is 2.76. The lowest BCUT2D eigenvalue weighted by Crippen LogP contribution is -2.08. The quantitative estimate of drug-likeness (QED) is 0.767. The van der Waals surface area contributed by atoms with Crippen LogP contribution in [-0.2, 0) is 6.54 Å². The molecule has 1 aromatic heterocycles. The highest BCUT2D eigenvalue weighted by Crippen LogP contribution is 2.15. The first-order chi connectivity index (χ1) is 6.83. The van der Waals surface area contributed by atoms with Gasteiger partial charge in [-0.05, 0) is 12.1 Å². The molecule has 0 amide bonds. The molecule has 72 valence electrons. The van der Waals surface area contributed by atoms with Gasteiger partial charge in [-0.1, -0.05) is 6.07 Å². The van der Waals surface area contributed by atoms with Crippen LogP contribution in [0.4, 0.5) is 4.39 Å². The molecule has 0 saturated heterocycles. The molecule has 2 aromatic rings. The van der Waals surface area contributed by atoms with Crippen molar-refractivity contribution in [2.45, 2.75) is 6.54 Å². The molecule has 0 fully saturated rings. The minimum atomic E-state index is -0.331. The van der Waals surface area contributed by atoms with Crippen LogP contribution >= 0.6 is 0 Å². The molecule has 1 heterocycles. The molecule has 0 spiro atoms. The minimum Gasteiger partial charge on any atom is -0.326 e.